The van der Waals surface area contributed by atoms with Gasteiger partial charge in [0.25, 0.3) is 11.8 Å². The highest BCUT2D eigenvalue weighted by molar-refractivity contribution is 6.30. The zero-order chi connectivity index (χ0) is 22.1. The molecule has 1 saturated heterocycles. The first-order chi connectivity index (χ1) is 15.6. The average molecular weight is 452 g/mol. The lowest BCUT2D eigenvalue weighted by Crippen LogP contribution is -2.50. The molecule has 3 heterocycles. The van der Waals surface area contributed by atoms with Crippen molar-refractivity contribution >= 4 is 23.4 Å². The van der Waals surface area contributed by atoms with E-state index in [1.165, 1.54) is 0 Å². The minimum atomic E-state index is -0.174. The van der Waals surface area contributed by atoms with Crippen molar-refractivity contribution in [3.63, 3.8) is 0 Å². The Kier molecular flexibility index (Phi) is 5.63. The van der Waals surface area contributed by atoms with Crippen LogP contribution >= 0.6 is 11.6 Å². The van der Waals surface area contributed by atoms with Gasteiger partial charge in [0, 0.05) is 36.8 Å². The highest BCUT2D eigenvalue weighted by Gasteiger charge is 2.32. The van der Waals surface area contributed by atoms with Gasteiger partial charge in [0.1, 0.15) is 6.10 Å². The highest BCUT2D eigenvalue weighted by Crippen LogP contribution is 2.27. The van der Waals surface area contributed by atoms with E-state index >= 15 is 0 Å². The highest BCUT2D eigenvalue weighted by atomic mass is 35.5. The summed E-state index contributed by atoms with van der Waals surface area (Å²) in [6, 6.07) is 16.8. The van der Waals surface area contributed by atoms with Gasteiger partial charge in [-0.25, -0.2) is 4.68 Å². The van der Waals surface area contributed by atoms with E-state index < -0.39 is 0 Å². The number of ether oxygens (including phenoxy) is 1. The molecule has 1 fully saturated rings. The molecule has 0 N–H and O–H groups in total. The van der Waals surface area contributed by atoms with Crippen LogP contribution in [0.2, 0.25) is 5.02 Å². The number of hydrogen-bond acceptors (Lipinski definition) is 5. The standard InChI is InChI=1S/C23H22ClN5O3/c24-18-8-6-17(7-9-18)22(30)27-10-12-28(13-11-27)23(31)21-19-15-32-20(14-29(19)26-25-21)16-4-2-1-3-5-16/h1-9,20H,10-15H2. The molecule has 32 heavy (non-hydrogen) atoms. The molecule has 0 spiro atoms. The van der Waals surface area contributed by atoms with Crippen molar-refractivity contribution in [1.29, 1.82) is 0 Å². The predicted molar refractivity (Wildman–Crippen MR) is 117 cm³/mol. The van der Waals surface area contributed by atoms with Crippen LogP contribution in [0.25, 0.3) is 0 Å². The summed E-state index contributed by atoms with van der Waals surface area (Å²) in [6.45, 7) is 2.61. The van der Waals surface area contributed by atoms with Crippen LogP contribution in [-0.2, 0) is 17.9 Å². The van der Waals surface area contributed by atoms with Crippen molar-refractivity contribution < 1.29 is 14.3 Å². The Morgan fingerprint density at radius 2 is 1.56 bits per heavy atom. The molecule has 0 radical (unpaired) electrons. The number of hydrogen-bond donors (Lipinski definition) is 0. The molecule has 164 valence electrons. The Hall–Kier alpha value is -3.23. The van der Waals surface area contributed by atoms with Gasteiger partial charge in [-0.3, -0.25) is 9.59 Å². The van der Waals surface area contributed by atoms with E-state index in [9.17, 15) is 9.59 Å². The summed E-state index contributed by atoms with van der Waals surface area (Å²) in [5, 5.41) is 8.95. The van der Waals surface area contributed by atoms with Gasteiger partial charge >= 0.3 is 0 Å². The average Bonchev–Trinajstić information content (AvgIpc) is 3.27. The maximum Gasteiger partial charge on any atom is 0.276 e. The summed E-state index contributed by atoms with van der Waals surface area (Å²) in [7, 11) is 0. The molecule has 1 unspecified atom stereocenters. The third-order valence-electron chi connectivity index (χ3n) is 5.92. The van der Waals surface area contributed by atoms with Gasteiger partial charge < -0.3 is 14.5 Å². The molecule has 2 amide bonds. The third-order valence-corrected chi connectivity index (χ3v) is 6.17. The number of aromatic nitrogens is 3. The molecule has 8 nitrogen and oxygen atoms in total. The van der Waals surface area contributed by atoms with Crippen LogP contribution in [0.4, 0.5) is 0 Å². The van der Waals surface area contributed by atoms with Crippen LogP contribution in [-0.4, -0.2) is 62.8 Å². The lowest BCUT2D eigenvalue weighted by atomic mass is 10.1. The first-order valence-electron chi connectivity index (χ1n) is 10.5. The van der Waals surface area contributed by atoms with Gasteiger partial charge in [-0.2, -0.15) is 0 Å². The van der Waals surface area contributed by atoms with Crippen molar-refractivity contribution in [1.82, 2.24) is 24.8 Å². The van der Waals surface area contributed by atoms with Crippen LogP contribution in [0.1, 0.15) is 38.2 Å². The summed E-state index contributed by atoms with van der Waals surface area (Å²) in [4.78, 5) is 29.3. The van der Waals surface area contributed by atoms with Gasteiger partial charge in [0.05, 0.1) is 18.8 Å². The van der Waals surface area contributed by atoms with Crippen LogP contribution < -0.4 is 0 Å². The molecule has 2 aliphatic rings. The Balaban J connectivity index is 1.23. The van der Waals surface area contributed by atoms with Gasteiger partial charge in [0.15, 0.2) is 5.69 Å². The Morgan fingerprint density at radius 3 is 2.25 bits per heavy atom. The zero-order valence-electron chi connectivity index (χ0n) is 17.4. The number of halogens is 1. The second kappa shape index (κ2) is 8.72. The molecule has 0 saturated carbocycles. The van der Waals surface area contributed by atoms with Gasteiger partial charge in [0.2, 0.25) is 0 Å². The molecule has 2 aliphatic heterocycles. The van der Waals surface area contributed by atoms with Gasteiger partial charge in [-0.05, 0) is 29.8 Å². The van der Waals surface area contributed by atoms with Crippen LogP contribution in [0.3, 0.4) is 0 Å². The molecule has 2 aromatic carbocycles. The second-order valence-corrected chi connectivity index (χ2v) is 8.30. The molecule has 3 aromatic rings. The van der Waals surface area contributed by atoms with Crippen molar-refractivity contribution in [3.05, 3.63) is 82.1 Å². The zero-order valence-corrected chi connectivity index (χ0v) is 18.1. The van der Waals surface area contributed by atoms with E-state index in [2.05, 4.69) is 10.3 Å². The Morgan fingerprint density at radius 1 is 0.906 bits per heavy atom. The smallest absolute Gasteiger partial charge is 0.276 e. The van der Waals surface area contributed by atoms with E-state index in [1.807, 2.05) is 30.3 Å². The maximum atomic E-state index is 13.1. The molecule has 5 rings (SSSR count). The number of piperazine rings is 1. The number of fused-ring (bicyclic) bond motifs is 1. The molecule has 1 aromatic heterocycles. The molecule has 9 heteroatoms. The number of carbonyl (C=O) groups is 2. The van der Waals surface area contributed by atoms with E-state index in [-0.39, 0.29) is 24.5 Å². The molecule has 1 atom stereocenters. The van der Waals surface area contributed by atoms with E-state index in [4.69, 9.17) is 16.3 Å². The number of amides is 2. The summed E-state index contributed by atoms with van der Waals surface area (Å²) >= 11 is 5.90. The Bertz CT molecular complexity index is 1120. The summed E-state index contributed by atoms with van der Waals surface area (Å²) in [5.74, 6) is -0.234. The fraction of sp³-hybridized carbons (Fsp3) is 0.304. The maximum absolute atomic E-state index is 13.1. The van der Waals surface area contributed by atoms with E-state index in [0.29, 0.717) is 54.7 Å². The van der Waals surface area contributed by atoms with Crippen molar-refractivity contribution in [2.24, 2.45) is 0 Å². The van der Waals surface area contributed by atoms with Crippen molar-refractivity contribution in [2.75, 3.05) is 26.2 Å². The van der Waals surface area contributed by atoms with Gasteiger partial charge in [-0.1, -0.05) is 47.1 Å². The lowest BCUT2D eigenvalue weighted by Gasteiger charge is -2.34. The minimum absolute atomic E-state index is 0.0600. The molecular weight excluding hydrogens is 430 g/mol. The number of rotatable bonds is 3. The third kappa shape index (κ3) is 3.99. The van der Waals surface area contributed by atoms with Crippen LogP contribution in [0.5, 0.6) is 0 Å². The summed E-state index contributed by atoms with van der Waals surface area (Å²) in [5.41, 5.74) is 2.69. The SMILES string of the molecule is O=C(c1ccc(Cl)cc1)N1CCN(C(=O)c2nnn3c2COC(c2ccccc2)C3)CC1. The quantitative estimate of drug-likeness (QED) is 0.611. The summed E-state index contributed by atoms with van der Waals surface area (Å²) in [6.07, 6.45) is -0.115. The summed E-state index contributed by atoms with van der Waals surface area (Å²) < 4.78 is 7.76. The van der Waals surface area contributed by atoms with Crippen LogP contribution in [0, 0.1) is 0 Å². The second-order valence-electron chi connectivity index (χ2n) is 7.87. The topological polar surface area (TPSA) is 80.6 Å². The first kappa shape index (κ1) is 20.7. The Labute approximate surface area is 190 Å². The fourth-order valence-electron chi connectivity index (χ4n) is 4.08. The molecule has 0 aliphatic carbocycles. The lowest BCUT2D eigenvalue weighted by molar-refractivity contribution is -0.00202. The minimum Gasteiger partial charge on any atom is -0.365 e. The van der Waals surface area contributed by atoms with E-state index in [1.54, 1.807) is 38.7 Å². The normalized spacial score (nSPS) is 18.3. The number of benzene rings is 2. The number of nitrogens with zero attached hydrogens (tertiary/aromatic N) is 5. The molecule has 0 bridgehead atoms. The predicted octanol–water partition coefficient (Wildman–Crippen LogP) is 2.80. The van der Waals surface area contributed by atoms with Gasteiger partial charge in [-0.15, -0.1) is 5.10 Å². The van der Waals surface area contributed by atoms with Crippen molar-refractivity contribution in [2.45, 2.75) is 19.3 Å². The first-order valence-corrected chi connectivity index (χ1v) is 10.9. The molecular formula is C23H22ClN5O3. The van der Waals surface area contributed by atoms with Crippen molar-refractivity contribution in [3.8, 4) is 0 Å². The van der Waals surface area contributed by atoms with Crippen LogP contribution in [0.15, 0.2) is 54.6 Å². The van der Waals surface area contributed by atoms with E-state index in [0.717, 1.165) is 5.56 Å². The number of carbonyl (C=O) groups excluding carboxylic acids is 2. The monoisotopic (exact) mass is 451 g/mol. The largest absolute Gasteiger partial charge is 0.365 e. The fourth-order valence-corrected chi connectivity index (χ4v) is 4.21.